The van der Waals surface area contributed by atoms with Gasteiger partial charge in [-0.3, -0.25) is 4.57 Å². The number of rotatable bonds is 6. The molecule has 62 heavy (non-hydrogen) atoms. The van der Waals surface area contributed by atoms with Crippen LogP contribution in [0, 0.1) is 0 Å². The third-order valence-corrected chi connectivity index (χ3v) is 12.8. The second-order valence-electron chi connectivity index (χ2n) is 15.2. The smallest absolute Gasteiger partial charge is 0.238 e. The van der Waals surface area contributed by atoms with Gasteiger partial charge in [0.2, 0.25) is 5.95 Å². The second-order valence-corrected chi connectivity index (χ2v) is 16.3. The molecule has 0 N–H and O–H groups in total. The summed E-state index contributed by atoms with van der Waals surface area (Å²) in [4.78, 5) is 16.1. The Morgan fingerprint density at radius 2 is 0.823 bits per heavy atom. The van der Waals surface area contributed by atoms with Crippen LogP contribution in [0.15, 0.2) is 206 Å². The van der Waals surface area contributed by atoms with Gasteiger partial charge in [0.1, 0.15) is 0 Å². The maximum Gasteiger partial charge on any atom is 0.238 e. The van der Waals surface area contributed by atoms with Crippen LogP contribution in [-0.2, 0) is 0 Å². The molecule has 0 saturated carbocycles. The van der Waals surface area contributed by atoms with E-state index in [0.29, 0.717) is 17.6 Å². The molecule has 0 unspecified atom stereocenters. The lowest BCUT2D eigenvalue weighted by molar-refractivity contribution is 0.955. The minimum Gasteiger partial charge on any atom is -0.277 e. The van der Waals surface area contributed by atoms with Crippen LogP contribution in [0.2, 0.25) is 0 Å². The van der Waals surface area contributed by atoms with Crippen molar-refractivity contribution >= 4 is 64.1 Å². The summed E-state index contributed by atoms with van der Waals surface area (Å²) in [6.45, 7) is 4.00. The van der Waals surface area contributed by atoms with E-state index in [1.54, 1.807) is 0 Å². The fourth-order valence-electron chi connectivity index (χ4n) is 8.85. The van der Waals surface area contributed by atoms with Gasteiger partial charge in [-0.15, -0.1) is 11.3 Å². The monoisotopic (exact) mass is 812 g/mol. The molecule has 0 bridgehead atoms. The topological polar surface area (TPSA) is 43.6 Å². The number of thiophene rings is 1. The first kappa shape index (κ1) is 37.3. The number of nitrogens with zero attached hydrogens (tertiary/aromatic N) is 4. The summed E-state index contributed by atoms with van der Waals surface area (Å²) in [5.41, 5.74) is 10.9. The average Bonchev–Trinajstić information content (AvgIpc) is 3.92. The van der Waals surface area contributed by atoms with Crippen LogP contribution in [0.4, 0.5) is 0 Å². The summed E-state index contributed by atoms with van der Waals surface area (Å²) < 4.78 is 4.85. The van der Waals surface area contributed by atoms with Crippen molar-refractivity contribution in [1.82, 2.24) is 19.5 Å². The van der Waals surface area contributed by atoms with Crippen molar-refractivity contribution in [3.05, 3.63) is 206 Å². The molecule has 0 spiro atoms. The molecular weight excluding hydrogens is 773 g/mol. The standard InChI is InChI=1S/C55H34N4S.C2H6/c1-3-13-35(14-4-1)37-25-29-40(30-26-37)53-56-54(41-31-27-38(28-32-41)36-15-5-2-6-16-36)58-55(57-53)59-51-42-18-8-7-17-39(42)33-34-46(51)45-22-11-21-44(52(45)59)43-20-12-24-49-50(43)47-19-9-10-23-48(47)60-49;1-2/h1-34H;1-2H3. The van der Waals surface area contributed by atoms with E-state index in [1.807, 2.05) is 37.3 Å². The van der Waals surface area contributed by atoms with Crippen molar-refractivity contribution < 1.29 is 0 Å². The van der Waals surface area contributed by atoms with Gasteiger partial charge < -0.3 is 0 Å². The molecule has 12 aromatic rings. The van der Waals surface area contributed by atoms with Gasteiger partial charge in [-0.2, -0.15) is 9.97 Å². The van der Waals surface area contributed by atoms with Crippen LogP contribution in [0.25, 0.3) is 115 Å². The molecule has 0 amide bonds. The highest BCUT2D eigenvalue weighted by molar-refractivity contribution is 7.25. The molecule has 0 fully saturated rings. The molecule has 5 heteroatoms. The fraction of sp³-hybridized carbons (Fsp3) is 0.0351. The quantitative estimate of drug-likeness (QED) is 0.168. The van der Waals surface area contributed by atoms with Crippen molar-refractivity contribution in [2.45, 2.75) is 13.8 Å². The summed E-state index contributed by atoms with van der Waals surface area (Å²) in [6.07, 6.45) is 0. The van der Waals surface area contributed by atoms with E-state index < -0.39 is 0 Å². The summed E-state index contributed by atoms with van der Waals surface area (Å²) in [7, 11) is 0. The van der Waals surface area contributed by atoms with E-state index in [4.69, 9.17) is 15.0 Å². The van der Waals surface area contributed by atoms with Crippen LogP contribution in [0.1, 0.15) is 13.8 Å². The van der Waals surface area contributed by atoms with Gasteiger partial charge in [-0.25, -0.2) is 4.98 Å². The highest BCUT2D eigenvalue weighted by Gasteiger charge is 2.23. The van der Waals surface area contributed by atoms with E-state index in [9.17, 15) is 0 Å². The van der Waals surface area contributed by atoms with Gasteiger partial charge in [0.05, 0.1) is 11.0 Å². The number of benzene rings is 9. The van der Waals surface area contributed by atoms with E-state index in [1.165, 1.54) is 25.7 Å². The molecular formula is C57H40N4S. The van der Waals surface area contributed by atoms with Crippen molar-refractivity contribution in [3.8, 4) is 62.1 Å². The Hall–Kier alpha value is -7.73. The Labute approximate surface area is 364 Å². The zero-order valence-electron chi connectivity index (χ0n) is 34.3. The third kappa shape index (κ3) is 6.34. The number of fused-ring (bicyclic) bond motifs is 8. The first-order valence-electron chi connectivity index (χ1n) is 21.2. The average molecular weight is 813 g/mol. The maximum atomic E-state index is 5.43. The molecule has 9 aromatic carbocycles. The predicted molar refractivity (Wildman–Crippen MR) is 263 cm³/mol. The van der Waals surface area contributed by atoms with Crippen LogP contribution < -0.4 is 0 Å². The number of aromatic nitrogens is 4. The first-order valence-corrected chi connectivity index (χ1v) is 22.0. The molecule has 12 rings (SSSR count). The fourth-order valence-corrected chi connectivity index (χ4v) is 9.98. The minimum absolute atomic E-state index is 0.570. The van der Waals surface area contributed by atoms with Crippen LogP contribution >= 0.6 is 11.3 Å². The van der Waals surface area contributed by atoms with Crippen molar-refractivity contribution in [2.24, 2.45) is 0 Å². The summed E-state index contributed by atoms with van der Waals surface area (Å²) >= 11 is 1.84. The van der Waals surface area contributed by atoms with Crippen molar-refractivity contribution in [2.75, 3.05) is 0 Å². The molecule has 4 nitrogen and oxygen atoms in total. The molecule has 0 aliphatic heterocycles. The molecule has 0 atom stereocenters. The van der Waals surface area contributed by atoms with E-state index in [2.05, 4.69) is 199 Å². The van der Waals surface area contributed by atoms with Crippen molar-refractivity contribution in [3.63, 3.8) is 0 Å². The van der Waals surface area contributed by atoms with Crippen LogP contribution in [-0.4, -0.2) is 19.5 Å². The molecule has 0 radical (unpaired) electrons. The highest BCUT2D eigenvalue weighted by Crippen LogP contribution is 2.45. The summed E-state index contributed by atoms with van der Waals surface area (Å²) in [5, 5.41) is 7.12. The van der Waals surface area contributed by atoms with Crippen LogP contribution in [0.3, 0.4) is 0 Å². The van der Waals surface area contributed by atoms with Gasteiger partial charge in [-0.05, 0) is 45.3 Å². The molecule has 0 aliphatic carbocycles. The van der Waals surface area contributed by atoms with Gasteiger partial charge >= 0.3 is 0 Å². The number of hydrogen-bond acceptors (Lipinski definition) is 4. The normalized spacial score (nSPS) is 11.4. The second kappa shape index (κ2) is 15.7. The summed E-state index contributed by atoms with van der Waals surface area (Å²) in [6, 6.07) is 73.3. The Morgan fingerprint density at radius 3 is 1.48 bits per heavy atom. The highest BCUT2D eigenvalue weighted by atomic mass is 32.1. The zero-order valence-corrected chi connectivity index (χ0v) is 35.1. The van der Waals surface area contributed by atoms with Crippen molar-refractivity contribution in [1.29, 1.82) is 0 Å². The molecule has 0 aliphatic rings. The largest absolute Gasteiger partial charge is 0.277 e. The molecule has 294 valence electrons. The van der Waals surface area contributed by atoms with Crippen LogP contribution in [0.5, 0.6) is 0 Å². The molecule has 3 aromatic heterocycles. The van der Waals surface area contributed by atoms with E-state index >= 15 is 0 Å². The SMILES string of the molecule is CC.c1ccc(-c2ccc(-c3nc(-c4ccc(-c5ccccc5)cc4)nc(-n4c5c(-c6cccc7sc8ccccc8c67)cccc5c5ccc6ccccc6c54)n3)cc2)cc1. The Kier molecular flexibility index (Phi) is 9.44. The molecule has 0 saturated heterocycles. The number of para-hydroxylation sites is 1. The van der Waals surface area contributed by atoms with E-state index in [-0.39, 0.29) is 0 Å². The lowest BCUT2D eigenvalue weighted by Crippen LogP contribution is -2.07. The van der Waals surface area contributed by atoms with Gasteiger partial charge in [-0.1, -0.05) is 208 Å². The predicted octanol–water partition coefficient (Wildman–Crippen LogP) is 15.9. The van der Waals surface area contributed by atoms with E-state index in [0.717, 1.165) is 71.5 Å². The maximum absolute atomic E-state index is 5.43. The Bertz CT molecular complexity index is 3470. The van der Waals surface area contributed by atoms with Gasteiger partial charge in [0, 0.05) is 53.0 Å². The lowest BCUT2D eigenvalue weighted by atomic mass is 9.97. The van der Waals surface area contributed by atoms with Gasteiger partial charge in [0.15, 0.2) is 11.6 Å². The minimum atomic E-state index is 0.570. The molecule has 3 heterocycles. The van der Waals surface area contributed by atoms with Gasteiger partial charge in [0.25, 0.3) is 0 Å². The third-order valence-electron chi connectivity index (χ3n) is 11.7. The zero-order chi connectivity index (χ0) is 41.6. The Morgan fingerprint density at radius 1 is 0.339 bits per heavy atom. The first-order chi connectivity index (χ1) is 30.7. The summed E-state index contributed by atoms with van der Waals surface area (Å²) in [5.74, 6) is 1.79. The number of hydrogen-bond donors (Lipinski definition) is 0. The Balaban J connectivity index is 0.00000213. The lowest BCUT2D eigenvalue weighted by Gasteiger charge is -2.14.